The molecule has 1 aliphatic heterocycles. The fraction of sp³-hybridized carbons (Fsp3) is 0.611. The Bertz CT molecular complexity index is 487. The third kappa shape index (κ3) is 3.13. The number of carbonyl (C=O) groups is 1. The summed E-state index contributed by atoms with van der Waals surface area (Å²) in [4.78, 5) is 14.0. The summed E-state index contributed by atoms with van der Waals surface area (Å²) in [5.74, 6) is -0.132. The summed E-state index contributed by atoms with van der Waals surface area (Å²) in [5.41, 5.74) is 2.88. The zero-order valence-corrected chi connectivity index (χ0v) is 12.8. The molecule has 3 rings (SSSR count). The average Bonchev–Trinajstić information content (AvgIpc) is 2.69. The van der Waals surface area contributed by atoms with E-state index in [-0.39, 0.29) is 12.0 Å². The Morgan fingerprint density at radius 3 is 2.33 bits per heavy atom. The second-order valence-corrected chi connectivity index (χ2v) is 6.73. The number of benzene rings is 1. The molecule has 2 aliphatic rings. The highest BCUT2D eigenvalue weighted by atomic mass is 16.4. The number of aliphatic carboxylic acids is 1. The topological polar surface area (TPSA) is 40.5 Å². The molecular formula is C18H25NO2. The van der Waals surface area contributed by atoms with E-state index in [0.717, 1.165) is 45.2 Å². The molecule has 1 saturated carbocycles. The van der Waals surface area contributed by atoms with Crippen molar-refractivity contribution in [2.24, 2.45) is 11.8 Å². The molecule has 1 aromatic rings. The van der Waals surface area contributed by atoms with Crippen LogP contribution >= 0.6 is 0 Å². The minimum Gasteiger partial charge on any atom is -0.481 e. The van der Waals surface area contributed by atoms with E-state index in [0.29, 0.717) is 5.92 Å². The van der Waals surface area contributed by atoms with Crippen LogP contribution in [0.2, 0.25) is 0 Å². The van der Waals surface area contributed by atoms with Crippen LogP contribution in [0.3, 0.4) is 0 Å². The van der Waals surface area contributed by atoms with Crippen molar-refractivity contribution in [3.8, 4) is 0 Å². The predicted octanol–water partition coefficient (Wildman–Crippen LogP) is 2.98. The fourth-order valence-corrected chi connectivity index (χ4v) is 4.06. The summed E-state index contributed by atoms with van der Waals surface area (Å²) in [6, 6.07) is 8.88. The molecule has 3 nitrogen and oxygen atoms in total. The first-order chi connectivity index (χ1) is 10.1. The molecule has 0 aromatic heterocycles. The van der Waals surface area contributed by atoms with Crippen LogP contribution in [-0.2, 0) is 17.6 Å². The van der Waals surface area contributed by atoms with Crippen molar-refractivity contribution >= 4 is 5.97 Å². The highest BCUT2D eigenvalue weighted by Crippen LogP contribution is 2.33. The van der Waals surface area contributed by atoms with Crippen LogP contribution in [0.25, 0.3) is 0 Å². The SMILES string of the molecule is CC1CCC(C(=O)O)C(N2CCc3ccccc3CC2)C1. The molecule has 114 valence electrons. The lowest BCUT2D eigenvalue weighted by Gasteiger charge is -2.40. The maximum absolute atomic E-state index is 11.6. The van der Waals surface area contributed by atoms with Crippen LogP contribution < -0.4 is 0 Å². The smallest absolute Gasteiger partial charge is 0.308 e. The van der Waals surface area contributed by atoms with Gasteiger partial charge in [0.2, 0.25) is 0 Å². The second-order valence-electron chi connectivity index (χ2n) is 6.73. The Hall–Kier alpha value is -1.35. The zero-order chi connectivity index (χ0) is 14.8. The Balaban J connectivity index is 1.75. The number of nitrogens with zero attached hydrogens (tertiary/aromatic N) is 1. The summed E-state index contributed by atoms with van der Waals surface area (Å²) >= 11 is 0. The molecule has 0 spiro atoms. The molecule has 1 aliphatic carbocycles. The molecule has 0 saturated heterocycles. The van der Waals surface area contributed by atoms with Gasteiger partial charge in [0, 0.05) is 19.1 Å². The van der Waals surface area contributed by atoms with Crippen molar-refractivity contribution in [1.29, 1.82) is 0 Å². The van der Waals surface area contributed by atoms with Crippen molar-refractivity contribution in [3.63, 3.8) is 0 Å². The first kappa shape index (κ1) is 14.6. The Labute approximate surface area is 127 Å². The molecule has 1 aromatic carbocycles. The van der Waals surface area contributed by atoms with Crippen LogP contribution in [0.1, 0.15) is 37.3 Å². The van der Waals surface area contributed by atoms with E-state index >= 15 is 0 Å². The molecule has 3 heteroatoms. The molecule has 0 radical (unpaired) electrons. The van der Waals surface area contributed by atoms with Gasteiger partial charge < -0.3 is 5.11 Å². The van der Waals surface area contributed by atoms with Crippen molar-refractivity contribution in [3.05, 3.63) is 35.4 Å². The molecule has 3 atom stereocenters. The molecule has 1 fully saturated rings. The van der Waals surface area contributed by atoms with Gasteiger partial charge in [-0.3, -0.25) is 9.69 Å². The van der Waals surface area contributed by atoms with Crippen molar-refractivity contribution in [2.75, 3.05) is 13.1 Å². The normalized spacial score (nSPS) is 30.4. The van der Waals surface area contributed by atoms with E-state index in [9.17, 15) is 9.90 Å². The van der Waals surface area contributed by atoms with Gasteiger partial charge in [0.1, 0.15) is 0 Å². The summed E-state index contributed by atoms with van der Waals surface area (Å²) in [6.45, 7) is 4.26. The van der Waals surface area contributed by atoms with E-state index in [1.165, 1.54) is 11.1 Å². The predicted molar refractivity (Wildman–Crippen MR) is 83.4 cm³/mol. The number of hydrogen-bond acceptors (Lipinski definition) is 2. The molecule has 3 unspecified atom stereocenters. The van der Waals surface area contributed by atoms with Crippen LogP contribution in [0, 0.1) is 11.8 Å². The average molecular weight is 287 g/mol. The van der Waals surface area contributed by atoms with Gasteiger partial charge in [0.05, 0.1) is 5.92 Å². The highest BCUT2D eigenvalue weighted by molar-refractivity contribution is 5.71. The maximum atomic E-state index is 11.6. The van der Waals surface area contributed by atoms with E-state index < -0.39 is 5.97 Å². The summed E-state index contributed by atoms with van der Waals surface area (Å²) < 4.78 is 0. The minimum absolute atomic E-state index is 0.178. The zero-order valence-electron chi connectivity index (χ0n) is 12.8. The third-order valence-electron chi connectivity index (χ3n) is 5.32. The Morgan fingerprint density at radius 2 is 1.76 bits per heavy atom. The third-order valence-corrected chi connectivity index (χ3v) is 5.32. The standard InChI is InChI=1S/C18H25NO2/c1-13-6-7-16(18(20)21)17(12-13)19-10-8-14-4-2-3-5-15(14)9-11-19/h2-5,13,16-17H,6-12H2,1H3,(H,20,21). The van der Waals surface area contributed by atoms with Gasteiger partial charge in [-0.05, 0) is 49.1 Å². The number of fused-ring (bicyclic) bond motifs is 1. The van der Waals surface area contributed by atoms with Crippen molar-refractivity contribution < 1.29 is 9.90 Å². The molecule has 1 N–H and O–H groups in total. The van der Waals surface area contributed by atoms with Crippen LogP contribution in [0.5, 0.6) is 0 Å². The summed E-state index contributed by atoms with van der Waals surface area (Å²) in [6.07, 6.45) is 5.03. The minimum atomic E-state index is -0.603. The molecule has 21 heavy (non-hydrogen) atoms. The lowest BCUT2D eigenvalue weighted by atomic mass is 9.78. The maximum Gasteiger partial charge on any atom is 0.308 e. The molecular weight excluding hydrogens is 262 g/mol. The lowest BCUT2D eigenvalue weighted by molar-refractivity contribution is -0.146. The second kappa shape index (κ2) is 6.18. The monoisotopic (exact) mass is 287 g/mol. The van der Waals surface area contributed by atoms with Gasteiger partial charge in [-0.2, -0.15) is 0 Å². The fourth-order valence-electron chi connectivity index (χ4n) is 4.06. The number of carboxylic acids is 1. The Kier molecular flexibility index (Phi) is 4.29. The van der Waals surface area contributed by atoms with Gasteiger partial charge in [-0.1, -0.05) is 31.2 Å². The quantitative estimate of drug-likeness (QED) is 0.909. The molecule has 1 heterocycles. The van der Waals surface area contributed by atoms with Crippen LogP contribution in [0.4, 0.5) is 0 Å². The summed E-state index contributed by atoms with van der Waals surface area (Å²) in [7, 11) is 0. The summed E-state index contributed by atoms with van der Waals surface area (Å²) in [5, 5.41) is 9.54. The van der Waals surface area contributed by atoms with Crippen LogP contribution in [0.15, 0.2) is 24.3 Å². The van der Waals surface area contributed by atoms with E-state index in [2.05, 4.69) is 36.1 Å². The van der Waals surface area contributed by atoms with E-state index in [1.54, 1.807) is 0 Å². The first-order valence-corrected chi connectivity index (χ1v) is 8.19. The number of rotatable bonds is 2. The van der Waals surface area contributed by atoms with Gasteiger partial charge in [0.25, 0.3) is 0 Å². The number of hydrogen-bond donors (Lipinski definition) is 1. The van der Waals surface area contributed by atoms with Gasteiger partial charge in [0.15, 0.2) is 0 Å². The van der Waals surface area contributed by atoms with Crippen LogP contribution in [-0.4, -0.2) is 35.1 Å². The van der Waals surface area contributed by atoms with Gasteiger partial charge >= 0.3 is 5.97 Å². The van der Waals surface area contributed by atoms with Crippen molar-refractivity contribution in [2.45, 2.75) is 45.1 Å². The first-order valence-electron chi connectivity index (χ1n) is 8.19. The van der Waals surface area contributed by atoms with Crippen molar-refractivity contribution in [1.82, 2.24) is 4.90 Å². The lowest BCUT2D eigenvalue weighted by Crippen LogP contribution is -2.47. The highest BCUT2D eigenvalue weighted by Gasteiger charge is 2.37. The number of carboxylic acid groups (broad SMARTS) is 1. The molecule has 0 bridgehead atoms. The van der Waals surface area contributed by atoms with E-state index in [1.807, 2.05) is 0 Å². The largest absolute Gasteiger partial charge is 0.481 e. The Morgan fingerprint density at radius 1 is 1.14 bits per heavy atom. The van der Waals surface area contributed by atoms with Gasteiger partial charge in [-0.15, -0.1) is 0 Å². The van der Waals surface area contributed by atoms with Gasteiger partial charge in [-0.25, -0.2) is 0 Å². The van der Waals surface area contributed by atoms with E-state index in [4.69, 9.17) is 0 Å². The molecule has 0 amide bonds.